The van der Waals surface area contributed by atoms with E-state index in [9.17, 15) is 4.79 Å². The van der Waals surface area contributed by atoms with Crippen LogP contribution < -0.4 is 11.1 Å². The van der Waals surface area contributed by atoms with E-state index in [4.69, 9.17) is 10.5 Å². The molecule has 1 aromatic heterocycles. The molecule has 1 aliphatic heterocycles. The maximum Gasteiger partial charge on any atom is 0.239 e. The SMILES string of the molecule is COCC(N)C(=O)NCC1CCCN(Cc2cccs2)C1. The molecule has 1 saturated heterocycles. The summed E-state index contributed by atoms with van der Waals surface area (Å²) in [5, 5.41) is 5.07. The minimum absolute atomic E-state index is 0.118. The summed E-state index contributed by atoms with van der Waals surface area (Å²) >= 11 is 1.80. The second-order valence-electron chi connectivity index (χ2n) is 5.63. The molecular formula is C15H25N3O2S. The first-order valence-electron chi connectivity index (χ1n) is 7.46. The molecule has 0 aromatic carbocycles. The number of piperidine rings is 1. The maximum atomic E-state index is 11.8. The van der Waals surface area contributed by atoms with Crippen LogP contribution in [0.4, 0.5) is 0 Å². The zero-order valence-corrected chi connectivity index (χ0v) is 13.4. The van der Waals surface area contributed by atoms with Gasteiger partial charge in [0.05, 0.1) is 6.61 Å². The van der Waals surface area contributed by atoms with Gasteiger partial charge in [-0.1, -0.05) is 6.07 Å². The van der Waals surface area contributed by atoms with Gasteiger partial charge in [-0.25, -0.2) is 0 Å². The number of amides is 1. The lowest BCUT2D eigenvalue weighted by Gasteiger charge is -2.32. The zero-order chi connectivity index (χ0) is 15.1. The molecule has 6 heteroatoms. The number of nitrogens with two attached hydrogens (primary N) is 1. The third-order valence-corrected chi connectivity index (χ3v) is 4.67. The van der Waals surface area contributed by atoms with Crippen LogP contribution in [-0.4, -0.2) is 50.2 Å². The summed E-state index contributed by atoms with van der Waals surface area (Å²) in [6, 6.07) is 3.71. The van der Waals surface area contributed by atoms with Gasteiger partial charge in [0.15, 0.2) is 0 Å². The summed E-state index contributed by atoms with van der Waals surface area (Å²) in [6.07, 6.45) is 2.36. The monoisotopic (exact) mass is 311 g/mol. The molecule has 2 unspecified atom stereocenters. The average molecular weight is 311 g/mol. The number of likely N-dealkylation sites (tertiary alicyclic amines) is 1. The highest BCUT2D eigenvalue weighted by Gasteiger charge is 2.21. The number of rotatable bonds is 7. The summed E-state index contributed by atoms with van der Waals surface area (Å²) in [5.41, 5.74) is 5.71. The number of thiophene rings is 1. The van der Waals surface area contributed by atoms with E-state index >= 15 is 0 Å². The van der Waals surface area contributed by atoms with Gasteiger partial charge in [0.25, 0.3) is 0 Å². The smallest absolute Gasteiger partial charge is 0.239 e. The Balaban J connectivity index is 1.72. The van der Waals surface area contributed by atoms with Gasteiger partial charge < -0.3 is 15.8 Å². The fraction of sp³-hybridized carbons (Fsp3) is 0.667. The fourth-order valence-electron chi connectivity index (χ4n) is 2.72. The van der Waals surface area contributed by atoms with E-state index in [-0.39, 0.29) is 12.5 Å². The molecule has 1 aromatic rings. The van der Waals surface area contributed by atoms with Crippen molar-refractivity contribution >= 4 is 17.2 Å². The van der Waals surface area contributed by atoms with Gasteiger partial charge in [0, 0.05) is 31.6 Å². The molecule has 5 nitrogen and oxygen atoms in total. The number of hydrogen-bond acceptors (Lipinski definition) is 5. The van der Waals surface area contributed by atoms with Gasteiger partial charge in [-0.15, -0.1) is 11.3 Å². The van der Waals surface area contributed by atoms with E-state index in [0.717, 1.165) is 19.6 Å². The second-order valence-corrected chi connectivity index (χ2v) is 6.66. The van der Waals surface area contributed by atoms with Crippen LogP contribution in [0.3, 0.4) is 0 Å². The van der Waals surface area contributed by atoms with Crippen molar-refractivity contribution in [3.05, 3.63) is 22.4 Å². The van der Waals surface area contributed by atoms with Crippen molar-refractivity contribution in [3.8, 4) is 0 Å². The minimum Gasteiger partial charge on any atom is -0.383 e. The van der Waals surface area contributed by atoms with Crippen LogP contribution >= 0.6 is 11.3 Å². The number of carbonyl (C=O) groups excluding carboxylic acids is 1. The number of carbonyl (C=O) groups is 1. The topological polar surface area (TPSA) is 67.6 Å². The highest BCUT2D eigenvalue weighted by atomic mass is 32.1. The molecule has 0 saturated carbocycles. The van der Waals surface area contributed by atoms with Crippen LogP contribution in [0, 0.1) is 5.92 Å². The van der Waals surface area contributed by atoms with Crippen LogP contribution in [0.15, 0.2) is 17.5 Å². The highest BCUT2D eigenvalue weighted by molar-refractivity contribution is 7.09. The Morgan fingerprint density at radius 1 is 1.67 bits per heavy atom. The first-order chi connectivity index (χ1) is 10.2. The van der Waals surface area contributed by atoms with Crippen molar-refractivity contribution in [2.75, 3.05) is 33.4 Å². The predicted molar refractivity (Wildman–Crippen MR) is 85.2 cm³/mol. The van der Waals surface area contributed by atoms with Gasteiger partial charge in [-0.2, -0.15) is 0 Å². The molecular weight excluding hydrogens is 286 g/mol. The normalized spacial score (nSPS) is 21.1. The van der Waals surface area contributed by atoms with Crippen molar-refractivity contribution in [1.82, 2.24) is 10.2 Å². The van der Waals surface area contributed by atoms with E-state index in [1.165, 1.54) is 17.7 Å². The predicted octanol–water partition coefficient (Wildman–Crippen LogP) is 1.05. The summed E-state index contributed by atoms with van der Waals surface area (Å²) in [7, 11) is 1.55. The quantitative estimate of drug-likeness (QED) is 0.790. The third-order valence-electron chi connectivity index (χ3n) is 3.81. The van der Waals surface area contributed by atoms with Crippen molar-refractivity contribution < 1.29 is 9.53 Å². The summed E-state index contributed by atoms with van der Waals surface area (Å²) in [5.74, 6) is 0.393. The molecule has 0 bridgehead atoms. The molecule has 3 N–H and O–H groups in total. The molecule has 1 fully saturated rings. The molecule has 1 amide bonds. The lowest BCUT2D eigenvalue weighted by Crippen LogP contribution is -2.47. The minimum atomic E-state index is -0.569. The fourth-order valence-corrected chi connectivity index (χ4v) is 3.46. The molecule has 118 valence electrons. The highest BCUT2D eigenvalue weighted by Crippen LogP contribution is 2.19. The van der Waals surface area contributed by atoms with E-state index in [2.05, 4.69) is 27.7 Å². The lowest BCUT2D eigenvalue weighted by atomic mass is 9.98. The molecule has 0 radical (unpaired) electrons. The zero-order valence-electron chi connectivity index (χ0n) is 12.6. The molecule has 2 atom stereocenters. The van der Waals surface area contributed by atoms with Crippen molar-refractivity contribution in [1.29, 1.82) is 0 Å². The Labute approximate surface area is 130 Å². The second kappa shape index (κ2) is 8.48. The average Bonchev–Trinajstić information content (AvgIpc) is 2.98. The maximum absolute atomic E-state index is 11.8. The summed E-state index contributed by atoms with van der Waals surface area (Å²) in [4.78, 5) is 15.7. The Hall–Kier alpha value is -0.950. The van der Waals surface area contributed by atoms with Crippen LogP contribution in [0.2, 0.25) is 0 Å². The Bertz CT molecular complexity index is 425. The number of nitrogens with zero attached hydrogens (tertiary/aromatic N) is 1. The largest absolute Gasteiger partial charge is 0.383 e. The van der Waals surface area contributed by atoms with Crippen LogP contribution in [0.5, 0.6) is 0 Å². The van der Waals surface area contributed by atoms with Crippen molar-refractivity contribution in [2.45, 2.75) is 25.4 Å². The molecule has 21 heavy (non-hydrogen) atoms. The third kappa shape index (κ3) is 5.39. The van der Waals surface area contributed by atoms with Gasteiger partial charge in [-0.3, -0.25) is 9.69 Å². The Kier molecular flexibility index (Phi) is 6.63. The molecule has 0 spiro atoms. The van der Waals surface area contributed by atoms with E-state index in [1.807, 2.05) is 0 Å². The Morgan fingerprint density at radius 2 is 2.52 bits per heavy atom. The van der Waals surface area contributed by atoms with Gasteiger partial charge >= 0.3 is 0 Å². The van der Waals surface area contributed by atoms with Crippen LogP contribution in [0.1, 0.15) is 17.7 Å². The molecule has 2 heterocycles. The summed E-state index contributed by atoms with van der Waals surface area (Å²) in [6.45, 7) is 4.17. The van der Waals surface area contributed by atoms with Crippen molar-refractivity contribution in [3.63, 3.8) is 0 Å². The first-order valence-corrected chi connectivity index (χ1v) is 8.34. The van der Waals surface area contributed by atoms with E-state index < -0.39 is 6.04 Å². The first kappa shape index (κ1) is 16.4. The summed E-state index contributed by atoms with van der Waals surface area (Å²) < 4.78 is 4.90. The van der Waals surface area contributed by atoms with Gasteiger partial charge in [0.1, 0.15) is 6.04 Å². The van der Waals surface area contributed by atoms with Crippen molar-refractivity contribution in [2.24, 2.45) is 11.7 Å². The van der Waals surface area contributed by atoms with E-state index in [1.54, 1.807) is 18.4 Å². The van der Waals surface area contributed by atoms with Gasteiger partial charge in [-0.05, 0) is 36.8 Å². The van der Waals surface area contributed by atoms with Gasteiger partial charge in [0.2, 0.25) is 5.91 Å². The number of nitrogens with one attached hydrogen (secondary N) is 1. The number of ether oxygens (including phenoxy) is 1. The number of hydrogen-bond donors (Lipinski definition) is 2. The molecule has 2 rings (SSSR count). The Morgan fingerprint density at radius 3 is 3.24 bits per heavy atom. The van der Waals surface area contributed by atoms with Crippen LogP contribution in [-0.2, 0) is 16.1 Å². The van der Waals surface area contributed by atoms with Crippen LogP contribution in [0.25, 0.3) is 0 Å². The van der Waals surface area contributed by atoms with E-state index in [0.29, 0.717) is 12.5 Å². The number of methoxy groups -OCH3 is 1. The lowest BCUT2D eigenvalue weighted by molar-refractivity contribution is -0.123. The standard InChI is InChI=1S/C15H25N3O2S/c1-20-11-14(16)15(19)17-8-12-4-2-6-18(9-12)10-13-5-3-7-21-13/h3,5,7,12,14H,2,4,6,8-11,16H2,1H3,(H,17,19). The molecule has 1 aliphatic rings. The molecule has 0 aliphatic carbocycles.